The number of hydrogen-bond acceptors (Lipinski definition) is 2. The Kier molecular flexibility index (Phi) is 3.44. The molecule has 2 aromatic rings. The van der Waals surface area contributed by atoms with Crippen LogP contribution in [0, 0.1) is 11.2 Å². The minimum Gasteiger partial charge on any atom is -0.299 e. The van der Waals surface area contributed by atoms with Crippen LogP contribution in [-0.4, -0.2) is 21.0 Å². The van der Waals surface area contributed by atoms with Crippen LogP contribution >= 0.6 is 0 Å². The second kappa shape index (κ2) is 5.40. The van der Waals surface area contributed by atoms with E-state index in [9.17, 15) is 4.39 Å². The Balaban J connectivity index is 1.98. The highest BCUT2D eigenvalue weighted by atomic mass is 19.1. The van der Waals surface area contributed by atoms with E-state index < -0.39 is 0 Å². The van der Waals surface area contributed by atoms with Gasteiger partial charge in [0.15, 0.2) is 6.54 Å². The van der Waals surface area contributed by atoms with E-state index in [0.29, 0.717) is 17.8 Å². The van der Waals surface area contributed by atoms with Gasteiger partial charge < -0.3 is 0 Å². The molecule has 0 bridgehead atoms. The number of rotatable bonds is 4. The first-order chi connectivity index (χ1) is 10.2. The molecule has 3 nitrogen and oxygen atoms in total. The number of aromatic nitrogens is 1. The molecule has 3 rings (SSSR count). The molecule has 1 aliphatic heterocycles. The molecule has 0 unspecified atom stereocenters. The van der Waals surface area contributed by atoms with Crippen LogP contribution in [0.25, 0.3) is 0 Å². The monoisotopic (exact) mass is 280 g/mol. The standard InChI is InChI=1S/C17H15FN3/c1-12(19)16-10-17(15-8-4-5-9-20-15)21(16)11-13-6-2-3-7-14(13)18/h2-10,19H,11H2,1H3/q+1. The Morgan fingerprint density at radius 2 is 1.95 bits per heavy atom. The van der Waals surface area contributed by atoms with Gasteiger partial charge in [0.1, 0.15) is 17.2 Å². The summed E-state index contributed by atoms with van der Waals surface area (Å²) in [5.74, 6) is -0.230. The van der Waals surface area contributed by atoms with Crippen LogP contribution < -0.4 is 0 Å². The third-order valence-corrected chi connectivity index (χ3v) is 3.45. The zero-order chi connectivity index (χ0) is 14.8. The summed E-state index contributed by atoms with van der Waals surface area (Å²) in [6.07, 6.45) is 3.65. The van der Waals surface area contributed by atoms with E-state index in [1.54, 1.807) is 25.3 Å². The second-order valence-corrected chi connectivity index (χ2v) is 4.93. The van der Waals surface area contributed by atoms with Gasteiger partial charge >= 0.3 is 0 Å². The fourth-order valence-electron chi connectivity index (χ4n) is 2.35. The summed E-state index contributed by atoms with van der Waals surface area (Å²) < 4.78 is 15.8. The highest BCUT2D eigenvalue weighted by Gasteiger charge is 2.33. The predicted octanol–water partition coefficient (Wildman–Crippen LogP) is 3.16. The van der Waals surface area contributed by atoms with Crippen molar-refractivity contribution in [2.45, 2.75) is 13.5 Å². The summed E-state index contributed by atoms with van der Waals surface area (Å²) in [6, 6.07) is 12.4. The molecule has 0 amide bonds. The van der Waals surface area contributed by atoms with Crippen molar-refractivity contribution in [1.82, 2.24) is 4.98 Å². The molecule has 0 atom stereocenters. The summed E-state index contributed by atoms with van der Waals surface area (Å²) in [5.41, 5.74) is 3.63. The first-order valence-corrected chi connectivity index (χ1v) is 6.73. The van der Waals surface area contributed by atoms with Crippen molar-refractivity contribution in [3.8, 4) is 0 Å². The number of pyridine rings is 1. The molecule has 4 heteroatoms. The number of allylic oxidation sites excluding steroid dienone is 2. The van der Waals surface area contributed by atoms with E-state index in [1.165, 1.54) is 6.07 Å². The van der Waals surface area contributed by atoms with E-state index in [-0.39, 0.29) is 5.82 Å². The van der Waals surface area contributed by atoms with Gasteiger partial charge in [0.05, 0.1) is 11.6 Å². The van der Waals surface area contributed by atoms with Crippen molar-refractivity contribution < 1.29 is 8.97 Å². The predicted molar refractivity (Wildman–Crippen MR) is 80.2 cm³/mol. The third kappa shape index (κ3) is 2.52. The summed E-state index contributed by atoms with van der Waals surface area (Å²) in [5, 5.41) is 7.82. The Labute approximate surface area is 122 Å². The van der Waals surface area contributed by atoms with Gasteiger partial charge in [0.2, 0.25) is 11.4 Å². The van der Waals surface area contributed by atoms with Crippen LogP contribution in [0.5, 0.6) is 0 Å². The third-order valence-electron chi connectivity index (χ3n) is 3.45. The number of nitrogens with zero attached hydrogens (tertiary/aromatic N) is 2. The fraction of sp³-hybridized carbons (Fsp3) is 0.118. The molecule has 0 saturated carbocycles. The van der Waals surface area contributed by atoms with Crippen molar-refractivity contribution in [3.63, 3.8) is 0 Å². The molecule has 0 spiro atoms. The number of halogens is 1. The van der Waals surface area contributed by atoms with Gasteiger partial charge in [-0.2, -0.15) is 4.58 Å². The van der Waals surface area contributed by atoms with Crippen LogP contribution in [0.1, 0.15) is 18.2 Å². The molecule has 0 fully saturated rings. The topological polar surface area (TPSA) is 39.8 Å². The van der Waals surface area contributed by atoms with Crippen LogP contribution in [0.2, 0.25) is 0 Å². The lowest BCUT2D eigenvalue weighted by Gasteiger charge is -2.16. The molecule has 0 aliphatic carbocycles. The minimum absolute atomic E-state index is 0.230. The van der Waals surface area contributed by atoms with E-state index in [0.717, 1.165) is 17.1 Å². The SMILES string of the molecule is CC(=N)C1=CC(c2ccccn2)=[N+]1Cc1ccccc1F. The fourth-order valence-corrected chi connectivity index (χ4v) is 2.35. The van der Waals surface area contributed by atoms with Crippen LogP contribution in [0.15, 0.2) is 60.4 Å². The van der Waals surface area contributed by atoms with Crippen molar-refractivity contribution in [2.75, 3.05) is 0 Å². The number of nitrogens with one attached hydrogen (secondary N) is 1. The highest BCUT2D eigenvalue weighted by molar-refractivity contribution is 6.13. The molecule has 1 aromatic carbocycles. The number of hydrogen-bond donors (Lipinski definition) is 1. The number of benzene rings is 1. The Morgan fingerprint density at radius 3 is 2.62 bits per heavy atom. The summed E-state index contributed by atoms with van der Waals surface area (Å²) in [4.78, 5) is 4.32. The lowest BCUT2D eigenvalue weighted by Crippen LogP contribution is -2.33. The largest absolute Gasteiger partial charge is 0.299 e. The van der Waals surface area contributed by atoms with Gasteiger partial charge in [-0.1, -0.05) is 18.2 Å². The zero-order valence-corrected chi connectivity index (χ0v) is 11.7. The molecule has 0 saturated heterocycles. The van der Waals surface area contributed by atoms with Crippen molar-refractivity contribution in [2.24, 2.45) is 0 Å². The molecule has 1 N–H and O–H groups in total. The molecule has 0 radical (unpaired) electrons. The van der Waals surface area contributed by atoms with Gasteiger partial charge in [-0.25, -0.2) is 9.37 Å². The van der Waals surface area contributed by atoms with Crippen molar-refractivity contribution in [3.05, 3.63) is 77.5 Å². The molecule has 2 heterocycles. The molecule has 21 heavy (non-hydrogen) atoms. The van der Waals surface area contributed by atoms with Crippen LogP contribution in [0.3, 0.4) is 0 Å². The summed E-state index contributed by atoms with van der Waals surface area (Å²) in [7, 11) is 0. The lowest BCUT2D eigenvalue weighted by atomic mass is 10.0. The zero-order valence-electron chi connectivity index (χ0n) is 11.7. The smallest absolute Gasteiger partial charge is 0.238 e. The molecule has 1 aromatic heterocycles. The molecular weight excluding hydrogens is 265 g/mol. The highest BCUT2D eigenvalue weighted by Crippen LogP contribution is 2.20. The second-order valence-electron chi connectivity index (χ2n) is 4.93. The Hall–Kier alpha value is -2.62. The van der Waals surface area contributed by atoms with Crippen molar-refractivity contribution >= 4 is 11.4 Å². The normalized spacial score (nSPS) is 13.7. The minimum atomic E-state index is -0.230. The van der Waals surface area contributed by atoms with Gasteiger partial charge in [0.25, 0.3) is 0 Å². The van der Waals surface area contributed by atoms with Gasteiger partial charge in [0, 0.05) is 6.20 Å². The molecule has 1 aliphatic rings. The Bertz CT molecular complexity index is 761. The van der Waals surface area contributed by atoms with E-state index >= 15 is 0 Å². The van der Waals surface area contributed by atoms with Crippen LogP contribution in [0.4, 0.5) is 4.39 Å². The lowest BCUT2D eigenvalue weighted by molar-refractivity contribution is -0.495. The first kappa shape index (κ1) is 13.4. The van der Waals surface area contributed by atoms with Crippen LogP contribution in [-0.2, 0) is 6.54 Å². The molecule has 104 valence electrons. The maximum atomic E-state index is 13.8. The Morgan fingerprint density at radius 1 is 1.19 bits per heavy atom. The van der Waals surface area contributed by atoms with Crippen molar-refractivity contribution in [1.29, 1.82) is 5.41 Å². The summed E-state index contributed by atoms with van der Waals surface area (Å²) >= 11 is 0. The van der Waals surface area contributed by atoms with Gasteiger partial charge in [-0.05, 0) is 31.2 Å². The van der Waals surface area contributed by atoms with E-state index in [1.807, 2.05) is 34.9 Å². The average Bonchev–Trinajstić information content (AvgIpc) is 2.46. The van der Waals surface area contributed by atoms with E-state index in [4.69, 9.17) is 5.41 Å². The van der Waals surface area contributed by atoms with E-state index in [2.05, 4.69) is 4.98 Å². The first-order valence-electron chi connectivity index (χ1n) is 6.73. The van der Waals surface area contributed by atoms with Gasteiger partial charge in [-0.15, -0.1) is 0 Å². The molecular formula is C17H15FN3+. The maximum Gasteiger partial charge on any atom is 0.238 e. The van der Waals surface area contributed by atoms with Gasteiger partial charge in [-0.3, -0.25) is 5.41 Å². The maximum absolute atomic E-state index is 13.8. The average molecular weight is 280 g/mol. The summed E-state index contributed by atoms with van der Waals surface area (Å²) in [6.45, 7) is 2.13. The quantitative estimate of drug-likeness (QED) is 0.678.